The van der Waals surface area contributed by atoms with Crippen LogP contribution in [0.15, 0.2) is 0 Å². The molecule has 0 nitrogen and oxygen atoms in total. The molecule has 3 atom stereocenters. The molecule has 2 aliphatic rings. The molecule has 3 unspecified atom stereocenters. The molecule has 2 rings (SSSR count). The van der Waals surface area contributed by atoms with Crippen LogP contribution in [0.3, 0.4) is 0 Å². The third-order valence-corrected chi connectivity index (χ3v) is 4.70. The lowest BCUT2D eigenvalue weighted by molar-refractivity contribution is 0.00581. The summed E-state index contributed by atoms with van der Waals surface area (Å²) < 4.78 is 0. The van der Waals surface area contributed by atoms with Gasteiger partial charge < -0.3 is 0 Å². The first-order chi connectivity index (χ1) is 6.12. The van der Waals surface area contributed by atoms with Gasteiger partial charge in [-0.3, -0.25) is 0 Å². The maximum absolute atomic E-state index is 2.47. The lowest BCUT2D eigenvalue weighted by Crippen LogP contribution is -2.39. The summed E-state index contributed by atoms with van der Waals surface area (Å²) in [5.74, 6) is 3.00. The average Bonchev–Trinajstić information content (AvgIpc) is 2.02. The molecule has 0 aromatic rings. The zero-order chi connectivity index (χ0) is 9.47. The van der Waals surface area contributed by atoms with E-state index in [0.717, 1.165) is 23.2 Å². The highest BCUT2D eigenvalue weighted by Crippen LogP contribution is 2.54. The Balaban J connectivity index is 2.15. The molecule has 0 saturated heterocycles. The highest BCUT2D eigenvalue weighted by molar-refractivity contribution is 4.94. The normalized spacial score (nSPS) is 45.2. The van der Waals surface area contributed by atoms with Crippen molar-refractivity contribution in [2.45, 2.75) is 59.3 Å². The van der Waals surface area contributed by atoms with Crippen molar-refractivity contribution in [2.75, 3.05) is 0 Å². The van der Waals surface area contributed by atoms with E-state index in [0.29, 0.717) is 0 Å². The minimum atomic E-state index is 0.751. The largest absolute Gasteiger partial charge is 0.0625 e. The van der Waals surface area contributed by atoms with Crippen molar-refractivity contribution in [3.8, 4) is 0 Å². The molecule has 0 aromatic carbocycles. The van der Waals surface area contributed by atoms with E-state index in [1.54, 1.807) is 6.42 Å². The molecule has 0 amide bonds. The van der Waals surface area contributed by atoms with E-state index in [2.05, 4.69) is 20.8 Å². The summed E-state index contributed by atoms with van der Waals surface area (Å²) >= 11 is 0. The number of hydrogen-bond donors (Lipinski definition) is 0. The van der Waals surface area contributed by atoms with Crippen molar-refractivity contribution in [1.29, 1.82) is 0 Å². The van der Waals surface area contributed by atoms with Crippen LogP contribution in [-0.4, -0.2) is 0 Å². The molecular weight excluding hydrogens is 156 g/mol. The van der Waals surface area contributed by atoms with E-state index in [1.165, 1.54) is 32.1 Å². The Hall–Kier alpha value is 0. The summed E-state index contributed by atoms with van der Waals surface area (Å²) in [5.41, 5.74) is 0.751. The van der Waals surface area contributed by atoms with Crippen molar-refractivity contribution in [1.82, 2.24) is 0 Å². The van der Waals surface area contributed by atoms with Crippen LogP contribution in [0.2, 0.25) is 0 Å². The molecule has 2 aliphatic carbocycles. The van der Waals surface area contributed by atoms with Gasteiger partial charge in [0.2, 0.25) is 0 Å². The number of fused-ring (bicyclic) bond motifs is 2. The maximum Gasteiger partial charge on any atom is -0.0269 e. The monoisotopic (exact) mass is 180 g/mol. The number of hydrogen-bond acceptors (Lipinski definition) is 0. The molecule has 0 N–H and O–H groups in total. The predicted molar refractivity (Wildman–Crippen MR) is 57.6 cm³/mol. The van der Waals surface area contributed by atoms with E-state index in [1.807, 2.05) is 0 Å². The van der Waals surface area contributed by atoms with Gasteiger partial charge in [0, 0.05) is 0 Å². The van der Waals surface area contributed by atoms with Gasteiger partial charge in [-0.2, -0.15) is 0 Å². The molecule has 2 bridgehead atoms. The Morgan fingerprint density at radius 2 is 2.00 bits per heavy atom. The highest BCUT2D eigenvalue weighted by atomic mass is 14.5. The van der Waals surface area contributed by atoms with Crippen molar-refractivity contribution in [3.05, 3.63) is 0 Å². The number of rotatable bonds is 1. The smallest absolute Gasteiger partial charge is 0.0269 e. The first-order valence-electron chi connectivity index (χ1n) is 6.12. The van der Waals surface area contributed by atoms with E-state index >= 15 is 0 Å². The summed E-state index contributed by atoms with van der Waals surface area (Å²) in [4.78, 5) is 0. The van der Waals surface area contributed by atoms with E-state index in [-0.39, 0.29) is 0 Å². The van der Waals surface area contributed by atoms with Crippen LogP contribution in [-0.2, 0) is 0 Å². The van der Waals surface area contributed by atoms with Crippen molar-refractivity contribution < 1.29 is 0 Å². The van der Waals surface area contributed by atoms with Crippen LogP contribution in [0.5, 0.6) is 0 Å². The first-order valence-corrected chi connectivity index (χ1v) is 6.12. The van der Waals surface area contributed by atoms with E-state index in [4.69, 9.17) is 0 Å². The second-order valence-corrected chi connectivity index (χ2v) is 6.02. The zero-order valence-electron chi connectivity index (χ0n) is 9.47. The minimum Gasteiger partial charge on any atom is -0.0625 e. The van der Waals surface area contributed by atoms with Gasteiger partial charge in [0.1, 0.15) is 0 Å². The highest BCUT2D eigenvalue weighted by Gasteiger charge is 2.43. The molecule has 0 radical (unpaired) electrons. The van der Waals surface area contributed by atoms with Gasteiger partial charge in [0.15, 0.2) is 0 Å². The van der Waals surface area contributed by atoms with Crippen LogP contribution in [0, 0.1) is 23.2 Å². The molecule has 0 heterocycles. The van der Waals surface area contributed by atoms with E-state index in [9.17, 15) is 0 Å². The maximum atomic E-state index is 2.47. The van der Waals surface area contributed by atoms with Crippen LogP contribution >= 0.6 is 0 Å². The van der Waals surface area contributed by atoms with E-state index < -0.39 is 0 Å². The fourth-order valence-electron chi connectivity index (χ4n) is 4.01. The second kappa shape index (κ2) is 3.29. The summed E-state index contributed by atoms with van der Waals surface area (Å²) in [7, 11) is 0. The van der Waals surface area contributed by atoms with Crippen molar-refractivity contribution in [3.63, 3.8) is 0 Å². The molecule has 2 saturated carbocycles. The average molecular weight is 180 g/mol. The summed E-state index contributed by atoms with van der Waals surface area (Å²) in [6.45, 7) is 7.36. The van der Waals surface area contributed by atoms with Crippen LogP contribution < -0.4 is 0 Å². The molecule has 0 aromatic heterocycles. The molecule has 0 aliphatic heterocycles. The van der Waals surface area contributed by atoms with Gasteiger partial charge in [-0.05, 0) is 48.9 Å². The van der Waals surface area contributed by atoms with Gasteiger partial charge in [-0.25, -0.2) is 0 Å². The zero-order valence-corrected chi connectivity index (χ0v) is 9.47. The Kier molecular flexibility index (Phi) is 2.42. The predicted octanol–water partition coefficient (Wildman–Crippen LogP) is 4.25. The third-order valence-electron chi connectivity index (χ3n) is 4.70. The van der Waals surface area contributed by atoms with Crippen LogP contribution in [0.4, 0.5) is 0 Å². The van der Waals surface area contributed by atoms with Gasteiger partial charge >= 0.3 is 0 Å². The lowest BCUT2D eigenvalue weighted by atomic mass is 9.55. The van der Waals surface area contributed by atoms with Crippen molar-refractivity contribution >= 4 is 0 Å². The first kappa shape index (κ1) is 9.55. The fraction of sp³-hybridized carbons (Fsp3) is 1.00. The standard InChI is InChI=1S/C13H24/c1-10(2)13-6-4-5-12(9-13)7-11(3)8-13/h10-12H,4-9H2,1-3H3. The molecule has 13 heavy (non-hydrogen) atoms. The Morgan fingerprint density at radius 1 is 1.23 bits per heavy atom. The summed E-state index contributed by atoms with van der Waals surface area (Å²) in [6, 6.07) is 0. The Morgan fingerprint density at radius 3 is 2.69 bits per heavy atom. The quantitative estimate of drug-likeness (QED) is 0.566. The SMILES string of the molecule is CC1CC2CCCC(C(C)C)(C1)C2. The fourth-order valence-corrected chi connectivity index (χ4v) is 4.01. The molecule has 0 spiro atoms. The molecule has 76 valence electrons. The lowest BCUT2D eigenvalue weighted by Gasteiger charge is -2.50. The van der Waals surface area contributed by atoms with Gasteiger partial charge in [0.05, 0.1) is 0 Å². The van der Waals surface area contributed by atoms with Gasteiger partial charge in [-0.15, -0.1) is 0 Å². The molecular formula is C13H24. The second-order valence-electron chi connectivity index (χ2n) is 6.02. The summed E-state index contributed by atoms with van der Waals surface area (Å²) in [5, 5.41) is 0. The summed E-state index contributed by atoms with van der Waals surface area (Å²) in [6.07, 6.45) is 9.14. The topological polar surface area (TPSA) is 0 Å². The molecule has 2 fully saturated rings. The van der Waals surface area contributed by atoms with Crippen LogP contribution in [0.25, 0.3) is 0 Å². The van der Waals surface area contributed by atoms with Gasteiger partial charge in [-0.1, -0.05) is 33.6 Å². The Labute approximate surface area is 83.1 Å². The third kappa shape index (κ3) is 1.65. The van der Waals surface area contributed by atoms with Gasteiger partial charge in [0.25, 0.3) is 0 Å². The minimum absolute atomic E-state index is 0.751. The molecule has 0 heteroatoms. The van der Waals surface area contributed by atoms with Crippen LogP contribution in [0.1, 0.15) is 59.3 Å². The van der Waals surface area contributed by atoms with Crippen molar-refractivity contribution in [2.24, 2.45) is 23.2 Å². The Bertz CT molecular complexity index is 178.